The molecule has 0 aliphatic heterocycles. The van der Waals surface area contributed by atoms with Crippen molar-refractivity contribution in [2.24, 2.45) is 0 Å². The summed E-state index contributed by atoms with van der Waals surface area (Å²) in [6, 6.07) is 8.14. The molecule has 0 aromatic heterocycles. The highest BCUT2D eigenvalue weighted by Gasteiger charge is 2.19. The maximum atomic E-state index is 11.4. The number of rotatable bonds is 5. The van der Waals surface area contributed by atoms with Crippen molar-refractivity contribution < 1.29 is 22.8 Å². The van der Waals surface area contributed by atoms with E-state index in [4.69, 9.17) is 9.79 Å². The van der Waals surface area contributed by atoms with Crippen molar-refractivity contribution in [2.75, 3.05) is 16.6 Å². The zero-order chi connectivity index (χ0) is 12.2. The first kappa shape index (κ1) is 13.2. The van der Waals surface area contributed by atoms with E-state index < -0.39 is 29.5 Å². The van der Waals surface area contributed by atoms with Crippen molar-refractivity contribution in [3.05, 3.63) is 30.3 Å². The fourth-order valence-corrected chi connectivity index (χ4v) is 3.49. The molecule has 0 aliphatic rings. The van der Waals surface area contributed by atoms with Crippen molar-refractivity contribution >= 4 is 23.3 Å². The molecule has 1 aromatic rings. The molecule has 0 saturated carbocycles. The van der Waals surface area contributed by atoms with Crippen molar-refractivity contribution in [3.63, 3.8) is 0 Å². The van der Waals surface area contributed by atoms with Gasteiger partial charge in [-0.3, -0.25) is 9.29 Å². The van der Waals surface area contributed by atoms with Gasteiger partial charge >= 0.3 is 7.60 Å². The van der Waals surface area contributed by atoms with Crippen LogP contribution in [-0.2, 0) is 14.6 Å². The van der Waals surface area contributed by atoms with Crippen LogP contribution in [-0.4, -0.2) is 30.1 Å². The Hall–Kier alpha value is -0.880. The highest BCUT2D eigenvalue weighted by Crippen LogP contribution is 2.33. The number of anilines is 1. The van der Waals surface area contributed by atoms with Gasteiger partial charge < -0.3 is 9.79 Å². The first-order valence-corrected chi connectivity index (χ1v) is 7.84. The SMILES string of the molecule is O=P(O)(O)CCS(=O)(=O)Nc1ccccc1. The lowest BCUT2D eigenvalue weighted by molar-refractivity contribution is 0.374. The van der Waals surface area contributed by atoms with Crippen LogP contribution in [0.15, 0.2) is 30.3 Å². The van der Waals surface area contributed by atoms with Crippen LogP contribution in [0, 0.1) is 0 Å². The van der Waals surface area contributed by atoms with Gasteiger partial charge in [-0.1, -0.05) is 18.2 Å². The Kier molecular flexibility index (Phi) is 4.09. The smallest absolute Gasteiger partial charge is 0.324 e. The number of nitrogens with one attached hydrogen (secondary N) is 1. The lowest BCUT2D eigenvalue weighted by Gasteiger charge is -2.08. The molecule has 90 valence electrons. The van der Waals surface area contributed by atoms with Crippen LogP contribution in [0.3, 0.4) is 0 Å². The van der Waals surface area contributed by atoms with E-state index in [2.05, 4.69) is 4.72 Å². The van der Waals surface area contributed by atoms with Gasteiger partial charge in [0.2, 0.25) is 10.0 Å². The monoisotopic (exact) mass is 265 g/mol. The molecule has 0 saturated heterocycles. The summed E-state index contributed by atoms with van der Waals surface area (Å²) in [5.74, 6) is -0.605. The van der Waals surface area contributed by atoms with E-state index in [0.29, 0.717) is 5.69 Å². The van der Waals surface area contributed by atoms with Gasteiger partial charge in [0.15, 0.2) is 0 Å². The molecule has 0 aliphatic carbocycles. The van der Waals surface area contributed by atoms with Crippen LogP contribution in [0.5, 0.6) is 0 Å². The van der Waals surface area contributed by atoms with Gasteiger partial charge in [-0.2, -0.15) is 0 Å². The fourth-order valence-electron chi connectivity index (χ4n) is 0.976. The summed E-state index contributed by atoms with van der Waals surface area (Å²) < 4.78 is 35.5. The van der Waals surface area contributed by atoms with Gasteiger partial charge in [-0.05, 0) is 12.1 Å². The molecule has 0 fully saturated rings. The number of hydrogen-bond acceptors (Lipinski definition) is 3. The average Bonchev–Trinajstić information content (AvgIpc) is 2.15. The van der Waals surface area contributed by atoms with Crippen LogP contribution in [0.2, 0.25) is 0 Å². The molecule has 0 bridgehead atoms. The van der Waals surface area contributed by atoms with Gasteiger partial charge in [0.05, 0.1) is 11.9 Å². The number of hydrogen-bond donors (Lipinski definition) is 3. The van der Waals surface area contributed by atoms with Crippen molar-refractivity contribution in [1.82, 2.24) is 0 Å². The Labute approximate surface area is 93.5 Å². The van der Waals surface area contributed by atoms with Crippen LogP contribution in [0.25, 0.3) is 0 Å². The molecule has 3 N–H and O–H groups in total. The first-order chi connectivity index (χ1) is 7.29. The van der Waals surface area contributed by atoms with E-state index in [0.717, 1.165) is 0 Å². The first-order valence-electron chi connectivity index (χ1n) is 4.39. The van der Waals surface area contributed by atoms with Crippen molar-refractivity contribution in [1.29, 1.82) is 0 Å². The average molecular weight is 265 g/mol. The molecule has 1 aromatic carbocycles. The lowest BCUT2D eigenvalue weighted by atomic mass is 10.3. The Bertz CT molecular complexity index is 480. The topological polar surface area (TPSA) is 104 Å². The molecular weight excluding hydrogens is 253 g/mol. The maximum Gasteiger partial charge on any atom is 0.326 e. The van der Waals surface area contributed by atoms with Crippen LogP contribution in [0.1, 0.15) is 0 Å². The summed E-state index contributed by atoms with van der Waals surface area (Å²) in [6.45, 7) is 0. The minimum Gasteiger partial charge on any atom is -0.324 e. The summed E-state index contributed by atoms with van der Waals surface area (Å²) in [5.41, 5.74) is 0.369. The van der Waals surface area contributed by atoms with E-state index in [9.17, 15) is 13.0 Å². The molecule has 0 radical (unpaired) electrons. The molecule has 0 heterocycles. The molecule has 16 heavy (non-hydrogen) atoms. The Morgan fingerprint density at radius 2 is 1.75 bits per heavy atom. The highest BCUT2D eigenvalue weighted by atomic mass is 32.2. The molecule has 0 unspecified atom stereocenters. The third-order valence-corrected chi connectivity index (χ3v) is 4.10. The van der Waals surface area contributed by atoms with Crippen molar-refractivity contribution in [3.8, 4) is 0 Å². The third kappa shape index (κ3) is 5.27. The summed E-state index contributed by atoms with van der Waals surface area (Å²) in [6.07, 6.45) is -0.685. The maximum absolute atomic E-state index is 11.4. The van der Waals surface area contributed by atoms with Gasteiger partial charge in [-0.25, -0.2) is 8.42 Å². The summed E-state index contributed by atoms with van der Waals surface area (Å²) in [5, 5.41) is 0. The zero-order valence-electron chi connectivity index (χ0n) is 8.28. The molecule has 0 atom stereocenters. The van der Waals surface area contributed by atoms with E-state index >= 15 is 0 Å². The van der Waals surface area contributed by atoms with Crippen LogP contribution >= 0.6 is 7.60 Å². The molecule has 0 spiro atoms. The summed E-state index contributed by atoms with van der Waals surface area (Å²) in [4.78, 5) is 17.1. The van der Waals surface area contributed by atoms with Crippen LogP contribution in [0.4, 0.5) is 5.69 Å². The third-order valence-electron chi connectivity index (χ3n) is 1.70. The standard InChI is InChI=1S/C8H12NO5PS/c10-15(11,12)6-7-16(13,14)9-8-4-2-1-3-5-8/h1-5,9H,6-7H2,(H2,10,11,12). The lowest BCUT2D eigenvalue weighted by Crippen LogP contribution is -2.19. The minimum atomic E-state index is -4.29. The van der Waals surface area contributed by atoms with E-state index in [1.807, 2.05) is 0 Å². The molecule has 0 amide bonds. The Balaban J connectivity index is 2.63. The molecule has 1 rings (SSSR count). The predicted molar refractivity (Wildman–Crippen MR) is 60.8 cm³/mol. The molecular formula is C8H12NO5PS. The largest absolute Gasteiger partial charge is 0.326 e. The van der Waals surface area contributed by atoms with Gasteiger partial charge in [0.1, 0.15) is 0 Å². The molecule has 6 nitrogen and oxygen atoms in total. The van der Waals surface area contributed by atoms with Gasteiger partial charge in [-0.15, -0.1) is 0 Å². The van der Waals surface area contributed by atoms with Gasteiger partial charge in [0.25, 0.3) is 0 Å². The van der Waals surface area contributed by atoms with E-state index in [1.54, 1.807) is 30.3 Å². The fraction of sp³-hybridized carbons (Fsp3) is 0.250. The van der Waals surface area contributed by atoms with E-state index in [1.165, 1.54) is 0 Å². The van der Waals surface area contributed by atoms with Crippen molar-refractivity contribution in [2.45, 2.75) is 0 Å². The number of benzene rings is 1. The molecule has 8 heteroatoms. The van der Waals surface area contributed by atoms with Gasteiger partial charge in [0, 0.05) is 5.69 Å². The number of sulfonamides is 1. The van der Waals surface area contributed by atoms with E-state index in [-0.39, 0.29) is 0 Å². The second-order valence-corrected chi connectivity index (χ2v) is 6.79. The number of para-hydroxylation sites is 1. The second kappa shape index (κ2) is 4.97. The zero-order valence-corrected chi connectivity index (χ0v) is 9.99. The minimum absolute atomic E-state index is 0.369. The highest BCUT2D eigenvalue weighted by molar-refractivity contribution is 7.93. The Morgan fingerprint density at radius 1 is 1.19 bits per heavy atom. The quantitative estimate of drug-likeness (QED) is 0.676. The summed E-state index contributed by atoms with van der Waals surface area (Å²) in [7, 11) is -8.00. The van der Waals surface area contributed by atoms with Crippen LogP contribution < -0.4 is 4.72 Å². The Morgan fingerprint density at radius 3 is 2.25 bits per heavy atom. The predicted octanol–water partition coefficient (Wildman–Crippen LogP) is 0.606. The second-order valence-electron chi connectivity index (χ2n) is 3.18. The summed E-state index contributed by atoms with van der Waals surface area (Å²) >= 11 is 0. The normalized spacial score (nSPS) is 12.4.